The fraction of sp³-hybridized carbons (Fsp3) is 0.556. The molecule has 0 bridgehead atoms. The number of hydrogen-bond donors (Lipinski definition) is 2. The molecule has 2 heterocycles. The zero-order valence-corrected chi connectivity index (χ0v) is 15.4. The monoisotopic (exact) mass is 367 g/mol. The van der Waals surface area contributed by atoms with Gasteiger partial charge in [0.1, 0.15) is 5.75 Å². The SMILES string of the molecule is COc1ccc(C(=O)NCC(=O)N2CCC3(CCNC3)CC2)cc1.Cl. The maximum absolute atomic E-state index is 12.3. The molecule has 0 unspecified atom stereocenters. The van der Waals surface area contributed by atoms with Gasteiger partial charge in [-0.05, 0) is 55.5 Å². The molecule has 0 saturated carbocycles. The molecule has 2 saturated heterocycles. The largest absolute Gasteiger partial charge is 0.497 e. The summed E-state index contributed by atoms with van der Waals surface area (Å²) >= 11 is 0. The summed E-state index contributed by atoms with van der Waals surface area (Å²) in [6.45, 7) is 3.79. The first-order chi connectivity index (χ1) is 11.6. The number of carbonyl (C=O) groups excluding carboxylic acids is 2. The van der Waals surface area contributed by atoms with Crippen molar-refractivity contribution < 1.29 is 14.3 Å². The number of methoxy groups -OCH3 is 1. The van der Waals surface area contributed by atoms with Crippen LogP contribution < -0.4 is 15.4 Å². The summed E-state index contributed by atoms with van der Waals surface area (Å²) in [6, 6.07) is 6.85. The van der Waals surface area contributed by atoms with Crippen LogP contribution in [0.2, 0.25) is 0 Å². The van der Waals surface area contributed by atoms with Crippen LogP contribution >= 0.6 is 12.4 Å². The van der Waals surface area contributed by atoms with Gasteiger partial charge in [0, 0.05) is 25.2 Å². The summed E-state index contributed by atoms with van der Waals surface area (Å²) in [6.07, 6.45) is 3.32. The van der Waals surface area contributed by atoms with E-state index in [1.165, 1.54) is 6.42 Å². The lowest BCUT2D eigenvalue weighted by molar-refractivity contribution is -0.132. The highest BCUT2D eigenvalue weighted by molar-refractivity contribution is 5.96. The van der Waals surface area contributed by atoms with Gasteiger partial charge in [-0.2, -0.15) is 0 Å². The van der Waals surface area contributed by atoms with Crippen LogP contribution in [0.25, 0.3) is 0 Å². The summed E-state index contributed by atoms with van der Waals surface area (Å²) in [4.78, 5) is 26.3. The van der Waals surface area contributed by atoms with Crippen LogP contribution in [0.3, 0.4) is 0 Å². The first kappa shape index (κ1) is 19.5. The second-order valence-electron chi connectivity index (χ2n) is 6.72. The van der Waals surface area contributed by atoms with Crippen molar-refractivity contribution in [3.63, 3.8) is 0 Å². The molecule has 3 rings (SSSR count). The van der Waals surface area contributed by atoms with Crippen LogP contribution in [0.15, 0.2) is 24.3 Å². The van der Waals surface area contributed by atoms with Crippen LogP contribution in [-0.2, 0) is 4.79 Å². The highest BCUT2D eigenvalue weighted by Gasteiger charge is 2.37. The van der Waals surface area contributed by atoms with E-state index in [4.69, 9.17) is 4.74 Å². The van der Waals surface area contributed by atoms with Crippen molar-refractivity contribution in [2.75, 3.05) is 39.8 Å². The van der Waals surface area contributed by atoms with E-state index in [0.717, 1.165) is 39.0 Å². The number of halogens is 1. The Kier molecular flexibility index (Phi) is 6.67. The molecule has 2 amide bonds. The number of piperidine rings is 1. The van der Waals surface area contributed by atoms with Gasteiger partial charge in [-0.3, -0.25) is 9.59 Å². The van der Waals surface area contributed by atoms with Crippen molar-refractivity contribution in [1.82, 2.24) is 15.5 Å². The number of amides is 2. The molecule has 7 heteroatoms. The third kappa shape index (κ3) is 4.64. The van der Waals surface area contributed by atoms with E-state index in [9.17, 15) is 9.59 Å². The van der Waals surface area contributed by atoms with Gasteiger partial charge in [-0.25, -0.2) is 0 Å². The summed E-state index contributed by atoms with van der Waals surface area (Å²) in [5.74, 6) is 0.461. The highest BCUT2D eigenvalue weighted by Crippen LogP contribution is 2.36. The maximum atomic E-state index is 12.3. The predicted molar refractivity (Wildman–Crippen MR) is 98.3 cm³/mol. The summed E-state index contributed by atoms with van der Waals surface area (Å²) < 4.78 is 5.07. The average molecular weight is 368 g/mol. The number of nitrogens with zero attached hydrogens (tertiary/aromatic N) is 1. The number of benzene rings is 1. The fourth-order valence-electron chi connectivity index (χ4n) is 3.56. The highest BCUT2D eigenvalue weighted by atomic mass is 35.5. The zero-order chi connectivity index (χ0) is 17.0. The normalized spacial score (nSPS) is 18.5. The maximum Gasteiger partial charge on any atom is 0.251 e. The van der Waals surface area contributed by atoms with Crippen LogP contribution in [-0.4, -0.2) is 56.5 Å². The van der Waals surface area contributed by atoms with Crippen molar-refractivity contribution in [3.05, 3.63) is 29.8 Å². The lowest BCUT2D eigenvalue weighted by Gasteiger charge is -2.38. The third-order valence-corrected chi connectivity index (χ3v) is 5.26. The minimum Gasteiger partial charge on any atom is -0.497 e. The van der Waals surface area contributed by atoms with Gasteiger partial charge in [-0.1, -0.05) is 0 Å². The Hall–Kier alpha value is -1.79. The topological polar surface area (TPSA) is 70.7 Å². The lowest BCUT2D eigenvalue weighted by Crippen LogP contribution is -2.47. The molecule has 1 aromatic rings. The van der Waals surface area contributed by atoms with E-state index in [-0.39, 0.29) is 30.8 Å². The fourth-order valence-corrected chi connectivity index (χ4v) is 3.56. The average Bonchev–Trinajstić information content (AvgIpc) is 3.08. The van der Waals surface area contributed by atoms with Gasteiger partial charge in [0.2, 0.25) is 5.91 Å². The minimum absolute atomic E-state index is 0. The molecule has 138 valence electrons. The van der Waals surface area contributed by atoms with E-state index in [1.54, 1.807) is 31.4 Å². The molecular formula is C18H26ClN3O3. The molecule has 1 spiro atoms. The molecule has 0 radical (unpaired) electrons. The first-order valence-electron chi connectivity index (χ1n) is 8.53. The molecule has 2 N–H and O–H groups in total. The number of ether oxygens (including phenoxy) is 1. The number of nitrogens with one attached hydrogen (secondary N) is 2. The smallest absolute Gasteiger partial charge is 0.251 e. The summed E-state index contributed by atoms with van der Waals surface area (Å²) in [5, 5.41) is 6.14. The Morgan fingerprint density at radius 3 is 2.44 bits per heavy atom. The molecule has 25 heavy (non-hydrogen) atoms. The number of likely N-dealkylation sites (tertiary alicyclic amines) is 1. The molecule has 2 aliphatic heterocycles. The number of hydrogen-bond acceptors (Lipinski definition) is 4. The molecule has 2 aliphatic rings. The quantitative estimate of drug-likeness (QED) is 0.845. The van der Waals surface area contributed by atoms with Gasteiger partial charge in [0.05, 0.1) is 13.7 Å². The first-order valence-corrected chi connectivity index (χ1v) is 8.53. The predicted octanol–water partition coefficient (Wildman–Crippen LogP) is 1.45. The molecule has 2 fully saturated rings. The van der Waals surface area contributed by atoms with Gasteiger partial charge >= 0.3 is 0 Å². The van der Waals surface area contributed by atoms with Crippen molar-refractivity contribution in [2.24, 2.45) is 5.41 Å². The molecule has 0 atom stereocenters. The van der Waals surface area contributed by atoms with Crippen molar-refractivity contribution in [1.29, 1.82) is 0 Å². The number of rotatable bonds is 4. The zero-order valence-electron chi connectivity index (χ0n) is 14.5. The number of carbonyl (C=O) groups is 2. The van der Waals surface area contributed by atoms with Crippen LogP contribution in [0, 0.1) is 5.41 Å². The molecule has 1 aromatic carbocycles. The van der Waals surface area contributed by atoms with Crippen LogP contribution in [0.4, 0.5) is 0 Å². The van der Waals surface area contributed by atoms with E-state index < -0.39 is 0 Å². The van der Waals surface area contributed by atoms with E-state index in [1.807, 2.05) is 4.90 Å². The van der Waals surface area contributed by atoms with Crippen molar-refractivity contribution >= 4 is 24.2 Å². The van der Waals surface area contributed by atoms with Crippen LogP contribution in [0.1, 0.15) is 29.6 Å². The Bertz CT molecular complexity index is 590. The Morgan fingerprint density at radius 1 is 1.20 bits per heavy atom. The van der Waals surface area contributed by atoms with Crippen LogP contribution in [0.5, 0.6) is 5.75 Å². The Balaban J connectivity index is 0.00000225. The molecule has 0 aromatic heterocycles. The van der Waals surface area contributed by atoms with Crippen molar-refractivity contribution in [3.8, 4) is 5.75 Å². The van der Waals surface area contributed by atoms with Crippen molar-refractivity contribution in [2.45, 2.75) is 19.3 Å². The van der Waals surface area contributed by atoms with E-state index in [0.29, 0.717) is 16.7 Å². The molecular weight excluding hydrogens is 342 g/mol. The lowest BCUT2D eigenvalue weighted by atomic mass is 9.78. The molecule has 0 aliphatic carbocycles. The van der Waals surface area contributed by atoms with E-state index in [2.05, 4.69) is 10.6 Å². The Morgan fingerprint density at radius 2 is 1.88 bits per heavy atom. The van der Waals surface area contributed by atoms with Gasteiger partial charge in [-0.15, -0.1) is 12.4 Å². The third-order valence-electron chi connectivity index (χ3n) is 5.26. The summed E-state index contributed by atoms with van der Waals surface area (Å²) in [5.41, 5.74) is 0.918. The Labute approximate surface area is 154 Å². The second-order valence-corrected chi connectivity index (χ2v) is 6.72. The second kappa shape index (κ2) is 8.54. The van der Waals surface area contributed by atoms with E-state index >= 15 is 0 Å². The molecule has 6 nitrogen and oxygen atoms in total. The summed E-state index contributed by atoms with van der Waals surface area (Å²) in [7, 11) is 1.58. The van der Waals surface area contributed by atoms with Gasteiger partial charge < -0.3 is 20.3 Å². The van der Waals surface area contributed by atoms with Gasteiger partial charge in [0.15, 0.2) is 0 Å². The van der Waals surface area contributed by atoms with Gasteiger partial charge in [0.25, 0.3) is 5.91 Å². The minimum atomic E-state index is -0.237. The standard InChI is InChI=1S/C18H25N3O3.ClH/c1-24-15-4-2-14(3-5-15)17(23)20-12-16(22)21-10-7-18(8-11-21)6-9-19-13-18;/h2-5,19H,6-13H2,1H3,(H,20,23);1H.